The quantitative estimate of drug-likeness (QED) is 0.804. The fraction of sp³-hybridized carbons (Fsp3) is 0.368. The van der Waals surface area contributed by atoms with Gasteiger partial charge in [0.1, 0.15) is 0 Å². The summed E-state index contributed by atoms with van der Waals surface area (Å²) in [5.41, 5.74) is 2.79. The van der Waals surface area contributed by atoms with Gasteiger partial charge in [0.15, 0.2) is 0 Å². The zero-order valence-corrected chi connectivity index (χ0v) is 13.7. The summed E-state index contributed by atoms with van der Waals surface area (Å²) in [7, 11) is 0. The summed E-state index contributed by atoms with van der Waals surface area (Å²) in [6, 6.07) is 22.0. The van der Waals surface area contributed by atoms with Crippen LogP contribution in [-0.4, -0.2) is 36.5 Å². The summed E-state index contributed by atoms with van der Waals surface area (Å²) >= 11 is 2.01. The average Bonchev–Trinajstić information content (AvgIpc) is 2.58. The average molecular weight is 313 g/mol. The van der Waals surface area contributed by atoms with E-state index < -0.39 is 0 Å². The fourth-order valence-electron chi connectivity index (χ4n) is 2.76. The van der Waals surface area contributed by atoms with Gasteiger partial charge in [-0.3, -0.25) is 4.90 Å². The zero-order chi connectivity index (χ0) is 15.0. The Hall–Kier alpha value is -1.29. The molecule has 0 unspecified atom stereocenters. The van der Waals surface area contributed by atoms with Crippen molar-refractivity contribution in [3.8, 4) is 0 Å². The first-order valence-corrected chi connectivity index (χ1v) is 9.05. The van der Waals surface area contributed by atoms with Crippen molar-refractivity contribution in [2.75, 3.05) is 25.5 Å². The second-order valence-electron chi connectivity index (χ2n) is 5.69. The molecule has 3 rings (SSSR count). The van der Waals surface area contributed by atoms with Crippen LogP contribution in [0.5, 0.6) is 0 Å². The van der Waals surface area contributed by atoms with Crippen LogP contribution in [0.1, 0.15) is 11.1 Å². The Morgan fingerprint density at radius 3 is 2.36 bits per heavy atom. The van der Waals surface area contributed by atoms with E-state index in [0.29, 0.717) is 6.04 Å². The molecular formula is C19H23NOS. The van der Waals surface area contributed by atoms with E-state index in [1.807, 2.05) is 11.8 Å². The number of hydrogen-bond acceptors (Lipinski definition) is 3. The molecule has 22 heavy (non-hydrogen) atoms. The molecule has 0 bridgehead atoms. The van der Waals surface area contributed by atoms with Gasteiger partial charge in [-0.15, -0.1) is 0 Å². The highest BCUT2D eigenvalue weighted by atomic mass is 32.2. The minimum Gasteiger partial charge on any atom is -0.378 e. The van der Waals surface area contributed by atoms with Gasteiger partial charge < -0.3 is 4.74 Å². The van der Waals surface area contributed by atoms with Crippen LogP contribution in [0, 0.1) is 0 Å². The molecule has 116 valence electrons. The summed E-state index contributed by atoms with van der Waals surface area (Å²) < 4.78 is 5.70. The van der Waals surface area contributed by atoms with E-state index in [1.165, 1.54) is 11.1 Å². The molecule has 0 radical (unpaired) electrons. The molecule has 3 heteroatoms. The van der Waals surface area contributed by atoms with Gasteiger partial charge in [-0.25, -0.2) is 0 Å². The van der Waals surface area contributed by atoms with Gasteiger partial charge >= 0.3 is 0 Å². The number of nitrogens with zero attached hydrogens (tertiary/aromatic N) is 1. The largest absolute Gasteiger partial charge is 0.378 e. The number of ether oxygens (including phenoxy) is 1. The first-order valence-electron chi connectivity index (χ1n) is 7.89. The first kappa shape index (κ1) is 15.6. The Kier molecular flexibility index (Phi) is 5.94. The Labute approximate surface area is 137 Å². The van der Waals surface area contributed by atoms with Gasteiger partial charge in [0.2, 0.25) is 0 Å². The highest BCUT2D eigenvalue weighted by molar-refractivity contribution is 7.98. The van der Waals surface area contributed by atoms with Crippen molar-refractivity contribution in [3.63, 3.8) is 0 Å². The Morgan fingerprint density at radius 2 is 1.64 bits per heavy atom. The lowest BCUT2D eigenvalue weighted by Crippen LogP contribution is -2.46. The van der Waals surface area contributed by atoms with Crippen LogP contribution in [0.4, 0.5) is 0 Å². The number of thioether (sulfide) groups is 1. The molecule has 0 spiro atoms. The van der Waals surface area contributed by atoms with Crippen molar-refractivity contribution in [2.45, 2.75) is 18.3 Å². The minimum atomic E-state index is 0.516. The van der Waals surface area contributed by atoms with Gasteiger partial charge in [0.25, 0.3) is 0 Å². The maximum atomic E-state index is 5.70. The van der Waals surface area contributed by atoms with Crippen LogP contribution in [-0.2, 0) is 17.0 Å². The van der Waals surface area contributed by atoms with Gasteiger partial charge in [-0.05, 0) is 11.1 Å². The van der Waals surface area contributed by atoms with E-state index in [1.54, 1.807) is 0 Å². The number of benzene rings is 2. The smallest absolute Gasteiger partial charge is 0.0630 e. The van der Waals surface area contributed by atoms with Gasteiger partial charge in [0.05, 0.1) is 13.2 Å². The van der Waals surface area contributed by atoms with Crippen molar-refractivity contribution in [3.05, 3.63) is 71.8 Å². The monoisotopic (exact) mass is 313 g/mol. The molecule has 1 atom stereocenters. The lowest BCUT2D eigenvalue weighted by Gasteiger charge is -2.35. The molecule has 0 N–H and O–H groups in total. The lowest BCUT2D eigenvalue weighted by molar-refractivity contribution is -0.00256. The normalized spacial score (nSPS) is 19.2. The van der Waals surface area contributed by atoms with Gasteiger partial charge in [-0.2, -0.15) is 11.8 Å². The van der Waals surface area contributed by atoms with Crippen molar-refractivity contribution in [1.29, 1.82) is 0 Å². The Balaban J connectivity index is 1.51. The summed E-state index contributed by atoms with van der Waals surface area (Å²) in [6.45, 7) is 3.77. The second-order valence-corrected chi connectivity index (χ2v) is 6.72. The highest BCUT2D eigenvalue weighted by Gasteiger charge is 2.22. The topological polar surface area (TPSA) is 12.5 Å². The standard InChI is InChI=1S/C19H23NOS/c1-3-7-17(8-4-1)13-20-11-12-21-14-19(20)16-22-15-18-9-5-2-6-10-18/h1-10,19H,11-16H2/t19-/m0/s1. The molecule has 0 amide bonds. The SMILES string of the molecule is c1ccc(CSC[C@@H]2COCCN2Cc2ccccc2)cc1. The molecule has 2 nitrogen and oxygen atoms in total. The van der Waals surface area contributed by atoms with E-state index in [4.69, 9.17) is 4.74 Å². The van der Waals surface area contributed by atoms with Crippen LogP contribution in [0.3, 0.4) is 0 Å². The first-order chi connectivity index (χ1) is 10.9. The molecule has 1 saturated heterocycles. The van der Waals surface area contributed by atoms with Crippen LogP contribution in [0.25, 0.3) is 0 Å². The molecule has 2 aromatic rings. The number of hydrogen-bond donors (Lipinski definition) is 0. The maximum Gasteiger partial charge on any atom is 0.0630 e. The third-order valence-electron chi connectivity index (χ3n) is 4.00. The molecule has 2 aromatic carbocycles. The van der Waals surface area contributed by atoms with Crippen molar-refractivity contribution in [1.82, 2.24) is 4.90 Å². The molecule has 1 aliphatic heterocycles. The summed E-state index contributed by atoms with van der Waals surface area (Å²) in [6.07, 6.45) is 0. The van der Waals surface area contributed by atoms with Gasteiger partial charge in [0, 0.05) is 30.6 Å². The van der Waals surface area contributed by atoms with E-state index in [9.17, 15) is 0 Å². The molecule has 1 aliphatic rings. The summed E-state index contributed by atoms with van der Waals surface area (Å²) in [4.78, 5) is 2.57. The predicted molar refractivity (Wildman–Crippen MR) is 94.1 cm³/mol. The van der Waals surface area contributed by atoms with E-state index in [2.05, 4.69) is 65.6 Å². The molecule has 0 saturated carbocycles. The molecule has 1 heterocycles. The third-order valence-corrected chi connectivity index (χ3v) is 5.16. The predicted octanol–water partition coefficient (Wildman–Crippen LogP) is 3.82. The van der Waals surface area contributed by atoms with Gasteiger partial charge in [-0.1, -0.05) is 60.7 Å². The molecule has 0 aliphatic carbocycles. The van der Waals surface area contributed by atoms with Crippen molar-refractivity contribution >= 4 is 11.8 Å². The van der Waals surface area contributed by atoms with Crippen molar-refractivity contribution in [2.24, 2.45) is 0 Å². The fourth-order valence-corrected chi connectivity index (χ4v) is 3.88. The van der Waals surface area contributed by atoms with Crippen molar-refractivity contribution < 1.29 is 4.74 Å². The lowest BCUT2D eigenvalue weighted by atomic mass is 10.1. The minimum absolute atomic E-state index is 0.516. The third kappa shape index (κ3) is 4.60. The number of rotatable bonds is 6. The van der Waals surface area contributed by atoms with Crippen LogP contribution < -0.4 is 0 Å². The molecule has 0 aromatic heterocycles. The van der Waals surface area contributed by atoms with Crippen LogP contribution in [0.2, 0.25) is 0 Å². The molecule has 1 fully saturated rings. The summed E-state index contributed by atoms with van der Waals surface area (Å²) in [5, 5.41) is 0. The van der Waals surface area contributed by atoms with E-state index >= 15 is 0 Å². The van der Waals surface area contributed by atoms with E-state index in [-0.39, 0.29) is 0 Å². The van der Waals surface area contributed by atoms with Crippen LogP contribution >= 0.6 is 11.8 Å². The maximum absolute atomic E-state index is 5.70. The molecular weight excluding hydrogens is 290 g/mol. The second kappa shape index (κ2) is 8.37. The van der Waals surface area contributed by atoms with Crippen LogP contribution in [0.15, 0.2) is 60.7 Å². The summed E-state index contributed by atoms with van der Waals surface area (Å²) in [5.74, 6) is 2.21. The number of morpholine rings is 1. The highest BCUT2D eigenvalue weighted by Crippen LogP contribution is 2.19. The Morgan fingerprint density at radius 1 is 0.955 bits per heavy atom. The van der Waals surface area contributed by atoms with E-state index in [0.717, 1.165) is 37.8 Å². The Bertz CT molecular complexity index is 546. The zero-order valence-electron chi connectivity index (χ0n) is 12.9.